The van der Waals surface area contributed by atoms with Crippen LogP contribution in [0.15, 0.2) is 30.3 Å². The van der Waals surface area contributed by atoms with Crippen molar-refractivity contribution < 1.29 is 14.3 Å². The maximum Gasteiger partial charge on any atom is 0.304 e. The molecule has 0 radical (unpaired) electrons. The van der Waals surface area contributed by atoms with Gasteiger partial charge in [-0.3, -0.25) is 4.79 Å². The molecule has 1 aromatic rings. The molecule has 25 heavy (non-hydrogen) atoms. The fourth-order valence-corrected chi connectivity index (χ4v) is 3.06. The molecule has 0 bridgehead atoms. The Morgan fingerprint density at radius 3 is 2.68 bits per heavy atom. The summed E-state index contributed by atoms with van der Waals surface area (Å²) in [5.74, 6) is 6.33. The van der Waals surface area contributed by atoms with Crippen LogP contribution in [0.1, 0.15) is 32.8 Å². The zero-order chi connectivity index (χ0) is 17.4. The lowest BCUT2D eigenvalue weighted by molar-refractivity contribution is -0.160. The molecule has 1 saturated heterocycles. The molecule has 0 amide bonds. The Kier molecular flexibility index (Phi) is 8.99. The summed E-state index contributed by atoms with van der Waals surface area (Å²) in [5, 5.41) is 0. The van der Waals surface area contributed by atoms with E-state index in [4.69, 9.17) is 9.47 Å². The average Bonchev–Trinajstić information content (AvgIpc) is 2.57. The fraction of sp³-hybridized carbons (Fsp3) is 0.550. The van der Waals surface area contributed by atoms with Crippen LogP contribution < -0.4 is 0 Å². The smallest absolute Gasteiger partial charge is 0.304 e. The molecule has 1 aromatic carbocycles. The predicted molar refractivity (Wildman–Crippen MR) is 102 cm³/mol. The van der Waals surface area contributed by atoms with Crippen LogP contribution in [-0.2, 0) is 14.3 Å². The first-order valence-electron chi connectivity index (χ1n) is 8.63. The minimum atomic E-state index is -0.705. The summed E-state index contributed by atoms with van der Waals surface area (Å²) in [6.07, 6.45) is 0.722. The molecule has 2 rings (SSSR count). The summed E-state index contributed by atoms with van der Waals surface area (Å²) in [4.78, 5) is 14.0. The molecule has 0 unspecified atom stereocenters. The molecule has 0 aromatic heterocycles. The summed E-state index contributed by atoms with van der Waals surface area (Å²) in [7, 11) is 0. The lowest BCUT2D eigenvalue weighted by atomic mass is 9.82. The van der Waals surface area contributed by atoms with Gasteiger partial charge in [-0.2, -0.15) is 0 Å². The molecule has 0 aliphatic carbocycles. The van der Waals surface area contributed by atoms with Crippen LogP contribution in [0.2, 0.25) is 0 Å². The molecule has 2 atom stereocenters. The van der Waals surface area contributed by atoms with Gasteiger partial charge in [0.2, 0.25) is 0 Å². The summed E-state index contributed by atoms with van der Waals surface area (Å²) in [6, 6.07) is 9.82. The van der Waals surface area contributed by atoms with Crippen molar-refractivity contribution in [2.24, 2.45) is 5.92 Å². The van der Waals surface area contributed by atoms with Gasteiger partial charge in [-0.25, -0.2) is 0 Å². The molecule has 5 heteroatoms. The van der Waals surface area contributed by atoms with Gasteiger partial charge in [0.1, 0.15) is 0 Å². The molecule has 4 nitrogen and oxygen atoms in total. The van der Waals surface area contributed by atoms with Crippen molar-refractivity contribution in [3.05, 3.63) is 35.9 Å². The molecule has 1 aliphatic rings. The number of ether oxygens (including phenoxy) is 2. The van der Waals surface area contributed by atoms with Gasteiger partial charge in [0, 0.05) is 51.1 Å². The van der Waals surface area contributed by atoms with Crippen LogP contribution in [0.3, 0.4) is 0 Å². The van der Waals surface area contributed by atoms with E-state index in [0.29, 0.717) is 0 Å². The van der Waals surface area contributed by atoms with Crippen LogP contribution in [-0.4, -0.2) is 49.3 Å². The van der Waals surface area contributed by atoms with E-state index >= 15 is 0 Å². The number of esters is 1. The Morgan fingerprint density at radius 1 is 1.36 bits per heavy atom. The van der Waals surface area contributed by atoms with E-state index in [-0.39, 0.29) is 24.3 Å². The highest BCUT2D eigenvalue weighted by atomic mass is 35.5. The number of benzene rings is 1. The Balaban J connectivity index is 0.00000312. The summed E-state index contributed by atoms with van der Waals surface area (Å²) < 4.78 is 11.2. The first kappa shape index (κ1) is 21.5. The number of halogens is 1. The monoisotopic (exact) mass is 365 g/mol. The standard InChI is InChI=1S/C20H27NO3.ClH/c1-4-23-15-14-21-13-12-20(17(2)16-21,24-18(3)22)11-10-19-8-6-5-7-9-19;/h5-9,17H,4,12-16H2,1-3H3;1H/t17-,20-;/m0./s1. The van der Waals surface area contributed by atoms with Crippen molar-refractivity contribution in [2.75, 3.05) is 32.8 Å². The minimum Gasteiger partial charge on any atom is -0.446 e. The lowest BCUT2D eigenvalue weighted by Gasteiger charge is -2.42. The predicted octanol–water partition coefficient (Wildman–Crippen LogP) is 3.14. The zero-order valence-electron chi connectivity index (χ0n) is 15.3. The zero-order valence-corrected chi connectivity index (χ0v) is 16.1. The molecule has 0 N–H and O–H groups in total. The number of likely N-dealkylation sites (tertiary alicyclic amines) is 1. The Hall–Kier alpha value is -1.54. The van der Waals surface area contributed by atoms with Gasteiger partial charge in [-0.05, 0) is 25.0 Å². The fourth-order valence-electron chi connectivity index (χ4n) is 3.06. The normalized spacial score (nSPS) is 23.1. The largest absolute Gasteiger partial charge is 0.446 e. The van der Waals surface area contributed by atoms with Crippen molar-refractivity contribution in [1.82, 2.24) is 4.90 Å². The van der Waals surface area contributed by atoms with E-state index in [1.807, 2.05) is 37.3 Å². The molecule has 1 heterocycles. The van der Waals surface area contributed by atoms with Crippen LogP contribution in [0.4, 0.5) is 0 Å². The number of carbonyl (C=O) groups excluding carboxylic acids is 1. The Labute approximate surface area is 157 Å². The Morgan fingerprint density at radius 2 is 2.08 bits per heavy atom. The van der Waals surface area contributed by atoms with Gasteiger partial charge >= 0.3 is 5.97 Å². The van der Waals surface area contributed by atoms with Crippen molar-refractivity contribution in [3.63, 3.8) is 0 Å². The molecule has 0 spiro atoms. The highest BCUT2D eigenvalue weighted by Crippen LogP contribution is 2.31. The van der Waals surface area contributed by atoms with E-state index in [0.717, 1.165) is 44.8 Å². The van der Waals surface area contributed by atoms with E-state index < -0.39 is 5.60 Å². The van der Waals surface area contributed by atoms with Crippen LogP contribution >= 0.6 is 12.4 Å². The third kappa shape index (κ3) is 6.36. The van der Waals surface area contributed by atoms with Gasteiger partial charge in [0.25, 0.3) is 0 Å². The lowest BCUT2D eigenvalue weighted by Crippen LogP contribution is -2.52. The molecule has 138 valence electrons. The van der Waals surface area contributed by atoms with E-state index in [2.05, 4.69) is 23.7 Å². The van der Waals surface area contributed by atoms with E-state index in [9.17, 15) is 4.79 Å². The third-order valence-electron chi connectivity index (χ3n) is 4.40. The van der Waals surface area contributed by atoms with Crippen LogP contribution in [0, 0.1) is 17.8 Å². The second-order valence-electron chi connectivity index (χ2n) is 6.25. The maximum absolute atomic E-state index is 11.6. The second-order valence-corrected chi connectivity index (χ2v) is 6.25. The number of hydrogen-bond acceptors (Lipinski definition) is 4. The minimum absolute atomic E-state index is 0. The molecular formula is C20H28ClNO3. The summed E-state index contributed by atoms with van der Waals surface area (Å²) >= 11 is 0. The first-order chi connectivity index (χ1) is 11.6. The van der Waals surface area contributed by atoms with Crippen LogP contribution in [0.25, 0.3) is 0 Å². The van der Waals surface area contributed by atoms with Crippen molar-refractivity contribution in [2.45, 2.75) is 32.8 Å². The Bertz CT molecular complexity index is 596. The van der Waals surface area contributed by atoms with Gasteiger partial charge < -0.3 is 14.4 Å². The molecule has 1 aliphatic heterocycles. The first-order valence-corrected chi connectivity index (χ1v) is 8.63. The third-order valence-corrected chi connectivity index (χ3v) is 4.40. The van der Waals surface area contributed by atoms with Crippen LogP contribution in [0.5, 0.6) is 0 Å². The highest BCUT2D eigenvalue weighted by Gasteiger charge is 2.42. The summed E-state index contributed by atoms with van der Waals surface area (Å²) in [6.45, 7) is 9.65. The van der Waals surface area contributed by atoms with E-state index in [1.54, 1.807) is 0 Å². The average molecular weight is 366 g/mol. The topological polar surface area (TPSA) is 38.8 Å². The molecular weight excluding hydrogens is 338 g/mol. The molecule has 0 saturated carbocycles. The second kappa shape index (κ2) is 10.5. The number of hydrogen-bond donors (Lipinski definition) is 0. The highest BCUT2D eigenvalue weighted by molar-refractivity contribution is 5.85. The van der Waals surface area contributed by atoms with Gasteiger partial charge in [0.05, 0.1) is 6.61 Å². The maximum atomic E-state index is 11.6. The summed E-state index contributed by atoms with van der Waals surface area (Å²) in [5.41, 5.74) is 0.235. The van der Waals surface area contributed by atoms with Gasteiger partial charge in [-0.1, -0.05) is 31.0 Å². The molecule has 1 fully saturated rings. The number of nitrogens with zero attached hydrogens (tertiary/aromatic N) is 1. The quantitative estimate of drug-likeness (QED) is 0.456. The number of rotatable bonds is 5. The van der Waals surface area contributed by atoms with Crippen molar-refractivity contribution in [1.29, 1.82) is 0 Å². The van der Waals surface area contributed by atoms with Gasteiger partial charge in [-0.15, -0.1) is 12.4 Å². The van der Waals surface area contributed by atoms with Crippen molar-refractivity contribution >= 4 is 18.4 Å². The van der Waals surface area contributed by atoms with E-state index in [1.165, 1.54) is 6.92 Å². The SMILES string of the molecule is CCOCCN1CC[C@](C#Cc2ccccc2)(OC(C)=O)[C@@H](C)C1.Cl. The number of carbonyl (C=O) groups is 1. The van der Waals surface area contributed by atoms with Crippen molar-refractivity contribution in [3.8, 4) is 11.8 Å². The number of piperidine rings is 1. The van der Waals surface area contributed by atoms with Gasteiger partial charge in [0.15, 0.2) is 5.60 Å².